The van der Waals surface area contributed by atoms with Crippen LogP contribution >= 0.6 is 0 Å². The lowest BCUT2D eigenvalue weighted by atomic mass is 9.74. The van der Waals surface area contributed by atoms with Gasteiger partial charge in [-0.15, -0.1) is 0 Å². The van der Waals surface area contributed by atoms with Crippen LogP contribution in [0.5, 0.6) is 0 Å². The predicted molar refractivity (Wildman–Crippen MR) is 266 cm³/mol. The van der Waals surface area contributed by atoms with Gasteiger partial charge in [-0.25, -0.2) is 0 Å². The van der Waals surface area contributed by atoms with E-state index in [4.69, 9.17) is 0 Å². The summed E-state index contributed by atoms with van der Waals surface area (Å²) in [5.41, 5.74) is 22.9. The van der Waals surface area contributed by atoms with Crippen LogP contribution in [-0.2, 0) is 16.2 Å². The Morgan fingerprint density at radius 1 is 0.349 bits per heavy atom. The van der Waals surface area contributed by atoms with Crippen LogP contribution in [0.1, 0.15) is 74.9 Å². The summed E-state index contributed by atoms with van der Waals surface area (Å²) in [6.45, 7) is 14.3. The third-order valence-corrected chi connectivity index (χ3v) is 15.3. The lowest BCUT2D eigenvalue weighted by Gasteiger charge is -2.35. The van der Waals surface area contributed by atoms with Crippen LogP contribution in [0.2, 0.25) is 0 Å². The molecule has 0 amide bonds. The van der Waals surface area contributed by atoms with Gasteiger partial charge in [-0.2, -0.15) is 0 Å². The van der Waals surface area contributed by atoms with Gasteiger partial charge < -0.3 is 9.47 Å². The van der Waals surface area contributed by atoms with E-state index in [-0.39, 0.29) is 16.2 Å². The quantitative estimate of drug-likeness (QED) is 0.172. The van der Waals surface area contributed by atoms with E-state index in [1.165, 1.54) is 105 Å². The van der Waals surface area contributed by atoms with Crippen LogP contribution in [0.4, 0.5) is 17.1 Å². The summed E-state index contributed by atoms with van der Waals surface area (Å²) in [6.07, 6.45) is 0. The van der Waals surface area contributed by atoms with Gasteiger partial charge in [-0.1, -0.05) is 163 Å². The van der Waals surface area contributed by atoms with Crippen LogP contribution in [0.25, 0.3) is 71.6 Å². The molecule has 1 aliphatic heterocycles. The van der Waals surface area contributed by atoms with Gasteiger partial charge in [0, 0.05) is 44.1 Å². The normalized spacial score (nSPS) is 15.5. The molecule has 0 radical (unpaired) electrons. The summed E-state index contributed by atoms with van der Waals surface area (Å²) in [4.78, 5) is 2.52. The predicted octanol–water partition coefficient (Wildman–Crippen LogP) is 16.3. The molecule has 0 N–H and O–H groups in total. The fourth-order valence-electron chi connectivity index (χ4n) is 12.1. The summed E-state index contributed by atoms with van der Waals surface area (Å²) in [7, 11) is 0. The molecule has 0 spiro atoms. The van der Waals surface area contributed by atoms with Gasteiger partial charge >= 0.3 is 0 Å². The summed E-state index contributed by atoms with van der Waals surface area (Å²) in [5, 5.41) is 5.07. The second-order valence-corrected chi connectivity index (χ2v) is 19.8. The number of rotatable bonds is 4. The molecule has 0 fully saturated rings. The lowest BCUT2D eigenvalue weighted by Crippen LogP contribution is -2.26. The van der Waals surface area contributed by atoms with Crippen LogP contribution < -0.4 is 4.90 Å². The summed E-state index contributed by atoms with van der Waals surface area (Å²) in [6, 6.07) is 69.1. The number of aromatic nitrogens is 1. The van der Waals surface area contributed by atoms with Gasteiger partial charge in [0.1, 0.15) is 0 Å². The number of fused-ring (bicyclic) bond motifs is 12. The van der Waals surface area contributed by atoms with Crippen molar-refractivity contribution in [1.29, 1.82) is 0 Å². The number of anilines is 3. The zero-order valence-electron chi connectivity index (χ0n) is 36.7. The molecule has 2 heterocycles. The van der Waals surface area contributed by atoms with Crippen LogP contribution in [0.15, 0.2) is 182 Å². The largest absolute Gasteiger partial charge is 0.310 e. The molecule has 2 nitrogen and oxygen atoms in total. The van der Waals surface area contributed by atoms with E-state index < -0.39 is 0 Å². The third kappa shape index (κ3) is 4.84. The molecule has 302 valence electrons. The molecule has 2 heteroatoms. The maximum absolute atomic E-state index is 2.55. The standard InChI is InChI=1S/C61H48N2/c1-59(2)51-23-12-10-20-45(51)47-34-39(27-30-52(47)59)62(41-26-29-46-44-19-9-11-22-50(44)60(3,4)54(46)36-41)40-28-31-56-48(35-40)49-32-38(43-21-15-17-37-16-7-8-18-42(37)43)33-55-58(49)63(56)57-25-14-13-24-53(57)61(55,5)6/h7-36H,1-6H3. The highest BCUT2D eigenvalue weighted by molar-refractivity contribution is 6.15. The van der Waals surface area contributed by atoms with Gasteiger partial charge in [-0.05, 0) is 138 Å². The molecule has 0 atom stereocenters. The summed E-state index contributed by atoms with van der Waals surface area (Å²) in [5.74, 6) is 0. The molecule has 0 unspecified atom stereocenters. The Morgan fingerprint density at radius 2 is 0.905 bits per heavy atom. The molecule has 9 aromatic carbocycles. The molecule has 0 saturated carbocycles. The number of benzene rings is 9. The van der Waals surface area contributed by atoms with Crippen LogP contribution in [-0.4, -0.2) is 4.57 Å². The number of hydrogen-bond acceptors (Lipinski definition) is 1. The fourth-order valence-corrected chi connectivity index (χ4v) is 12.1. The Labute approximate surface area is 369 Å². The van der Waals surface area contributed by atoms with E-state index >= 15 is 0 Å². The zero-order valence-corrected chi connectivity index (χ0v) is 36.7. The highest BCUT2D eigenvalue weighted by Gasteiger charge is 2.39. The van der Waals surface area contributed by atoms with Crippen molar-refractivity contribution < 1.29 is 0 Å². The molecule has 13 rings (SSSR count). The monoisotopic (exact) mass is 808 g/mol. The Kier molecular flexibility index (Phi) is 7.23. The van der Waals surface area contributed by atoms with Crippen LogP contribution in [0.3, 0.4) is 0 Å². The highest BCUT2D eigenvalue weighted by atomic mass is 15.1. The first-order valence-electron chi connectivity index (χ1n) is 22.5. The van der Waals surface area contributed by atoms with Crippen molar-refractivity contribution >= 4 is 49.6 Å². The maximum atomic E-state index is 2.55. The van der Waals surface area contributed by atoms with Gasteiger partial charge in [-0.3, -0.25) is 0 Å². The number of para-hydroxylation sites is 1. The van der Waals surface area contributed by atoms with E-state index in [2.05, 4.69) is 233 Å². The molecule has 10 aromatic rings. The van der Waals surface area contributed by atoms with Crippen molar-refractivity contribution in [2.75, 3.05) is 4.90 Å². The second-order valence-electron chi connectivity index (χ2n) is 19.8. The Balaban J connectivity index is 1.09. The smallest absolute Gasteiger partial charge is 0.0582 e. The lowest BCUT2D eigenvalue weighted by molar-refractivity contribution is 0.630. The van der Waals surface area contributed by atoms with E-state index in [1.807, 2.05) is 0 Å². The fraction of sp³-hybridized carbons (Fsp3) is 0.148. The average Bonchev–Trinajstić information content (AvgIpc) is 3.84. The summed E-state index contributed by atoms with van der Waals surface area (Å²) < 4.78 is 2.55. The van der Waals surface area contributed by atoms with E-state index in [9.17, 15) is 0 Å². The Bertz CT molecular complexity index is 3610. The second kappa shape index (κ2) is 12.5. The molecular weight excluding hydrogens is 761 g/mol. The molecule has 63 heavy (non-hydrogen) atoms. The van der Waals surface area contributed by atoms with Gasteiger partial charge in [0.25, 0.3) is 0 Å². The molecule has 0 bridgehead atoms. The van der Waals surface area contributed by atoms with E-state index in [1.54, 1.807) is 0 Å². The topological polar surface area (TPSA) is 8.17 Å². The average molecular weight is 809 g/mol. The van der Waals surface area contributed by atoms with Gasteiger partial charge in [0.15, 0.2) is 0 Å². The zero-order chi connectivity index (χ0) is 42.6. The highest BCUT2D eigenvalue weighted by Crippen LogP contribution is 2.55. The van der Waals surface area contributed by atoms with Crippen molar-refractivity contribution in [3.05, 3.63) is 215 Å². The number of hydrogen-bond donors (Lipinski definition) is 0. The minimum Gasteiger partial charge on any atom is -0.310 e. The SMILES string of the molecule is CC1(C)c2ccccc2-c2cc(N(c3ccc4c(c3)C(C)(C)c3ccccc3-4)c3ccc4c(c3)c3cc(-c5cccc6ccccc56)cc5c3n4-c3ccccc3C5(C)C)ccc21. The van der Waals surface area contributed by atoms with Gasteiger partial charge in [0.2, 0.25) is 0 Å². The van der Waals surface area contributed by atoms with Crippen LogP contribution in [0, 0.1) is 0 Å². The van der Waals surface area contributed by atoms with Gasteiger partial charge in [0.05, 0.1) is 16.7 Å². The first-order chi connectivity index (χ1) is 30.5. The molecule has 3 aliphatic rings. The minimum atomic E-state index is -0.210. The first-order valence-corrected chi connectivity index (χ1v) is 22.5. The molecule has 1 aromatic heterocycles. The van der Waals surface area contributed by atoms with Crippen molar-refractivity contribution in [2.24, 2.45) is 0 Å². The minimum absolute atomic E-state index is 0.0742. The van der Waals surface area contributed by atoms with Crippen molar-refractivity contribution in [1.82, 2.24) is 4.57 Å². The van der Waals surface area contributed by atoms with E-state index in [0.29, 0.717) is 0 Å². The maximum Gasteiger partial charge on any atom is 0.0582 e. The Morgan fingerprint density at radius 3 is 1.71 bits per heavy atom. The third-order valence-electron chi connectivity index (χ3n) is 15.3. The van der Waals surface area contributed by atoms with Crippen molar-refractivity contribution in [3.63, 3.8) is 0 Å². The van der Waals surface area contributed by atoms with Crippen molar-refractivity contribution in [2.45, 2.75) is 57.8 Å². The molecular formula is C61H48N2. The summed E-state index contributed by atoms with van der Waals surface area (Å²) >= 11 is 0. The van der Waals surface area contributed by atoms with Crippen molar-refractivity contribution in [3.8, 4) is 39.1 Å². The molecule has 0 saturated heterocycles. The van der Waals surface area contributed by atoms with E-state index in [0.717, 1.165) is 17.1 Å². The first kappa shape index (κ1) is 36.5. The number of nitrogens with zero attached hydrogens (tertiary/aromatic N) is 2. The Hall–Kier alpha value is -7.16. The molecule has 2 aliphatic carbocycles.